The van der Waals surface area contributed by atoms with Gasteiger partial charge in [-0.2, -0.15) is 0 Å². The highest BCUT2D eigenvalue weighted by Crippen LogP contribution is 2.27. The third-order valence-corrected chi connectivity index (χ3v) is 3.77. The Morgan fingerprint density at radius 2 is 2.47 bits per heavy atom. The monoisotopic (exact) mass is 249 g/mol. The van der Waals surface area contributed by atoms with Crippen LogP contribution in [0.25, 0.3) is 10.7 Å². The van der Waals surface area contributed by atoms with E-state index in [9.17, 15) is 4.79 Å². The first kappa shape index (κ1) is 10.5. The normalized spacial score (nSPS) is 18.9. The second-order valence-corrected chi connectivity index (χ2v) is 4.97. The molecule has 6 heteroatoms. The lowest BCUT2D eigenvalue weighted by Crippen LogP contribution is -2.25. The van der Waals surface area contributed by atoms with Crippen LogP contribution in [0, 0.1) is 0 Å². The molecule has 0 bridgehead atoms. The highest BCUT2D eigenvalue weighted by molar-refractivity contribution is 7.13. The molecule has 2 aromatic heterocycles. The number of carboxylic acids is 1. The molecule has 1 atom stereocenters. The largest absolute Gasteiger partial charge is 0.480 e. The lowest BCUT2D eigenvalue weighted by molar-refractivity contribution is -0.141. The van der Waals surface area contributed by atoms with E-state index in [1.807, 2.05) is 17.5 Å². The predicted octanol–water partition coefficient (Wildman–Crippen LogP) is 1.97. The number of hydrogen-bond acceptors (Lipinski definition) is 4. The zero-order chi connectivity index (χ0) is 11.8. The molecular weight excluding hydrogens is 238 g/mol. The molecule has 1 unspecified atom stereocenters. The summed E-state index contributed by atoms with van der Waals surface area (Å²) < 4.78 is 1.57. The summed E-state index contributed by atoms with van der Waals surface area (Å²) in [6.45, 7) is 0. The van der Waals surface area contributed by atoms with E-state index in [-0.39, 0.29) is 0 Å². The van der Waals surface area contributed by atoms with E-state index < -0.39 is 12.0 Å². The van der Waals surface area contributed by atoms with Crippen molar-refractivity contribution >= 4 is 17.3 Å². The van der Waals surface area contributed by atoms with Crippen LogP contribution in [0.15, 0.2) is 17.5 Å². The van der Waals surface area contributed by atoms with Crippen LogP contribution >= 0.6 is 11.3 Å². The van der Waals surface area contributed by atoms with Gasteiger partial charge in [-0.05, 0) is 24.3 Å². The molecule has 2 aromatic rings. The summed E-state index contributed by atoms with van der Waals surface area (Å²) in [5.74, 6) is 0.601. The van der Waals surface area contributed by atoms with Gasteiger partial charge in [0.2, 0.25) is 0 Å². The predicted molar refractivity (Wildman–Crippen MR) is 62.9 cm³/mol. The second-order valence-electron chi connectivity index (χ2n) is 4.02. The number of aromatic nitrogens is 3. The van der Waals surface area contributed by atoms with Gasteiger partial charge in [-0.25, -0.2) is 14.5 Å². The number of nitrogens with zero attached hydrogens (tertiary/aromatic N) is 3. The molecule has 0 aromatic carbocycles. The van der Waals surface area contributed by atoms with E-state index >= 15 is 0 Å². The van der Waals surface area contributed by atoms with Gasteiger partial charge in [0.25, 0.3) is 0 Å². The fourth-order valence-electron chi connectivity index (χ4n) is 2.09. The first-order valence-corrected chi connectivity index (χ1v) is 6.36. The van der Waals surface area contributed by atoms with Crippen molar-refractivity contribution in [1.82, 2.24) is 14.8 Å². The Bertz CT molecular complexity index is 547. The van der Waals surface area contributed by atoms with Crippen molar-refractivity contribution in [2.24, 2.45) is 0 Å². The molecule has 88 valence electrons. The highest BCUT2D eigenvalue weighted by atomic mass is 32.1. The Balaban J connectivity index is 2.04. The van der Waals surface area contributed by atoms with Gasteiger partial charge in [-0.1, -0.05) is 6.07 Å². The summed E-state index contributed by atoms with van der Waals surface area (Å²) in [4.78, 5) is 16.5. The maximum Gasteiger partial charge on any atom is 0.328 e. The summed E-state index contributed by atoms with van der Waals surface area (Å²) in [6, 6.07) is 3.33. The maximum absolute atomic E-state index is 11.1. The Morgan fingerprint density at radius 3 is 3.18 bits per heavy atom. The van der Waals surface area contributed by atoms with Crippen molar-refractivity contribution in [3.05, 3.63) is 23.3 Å². The number of aliphatic carboxylic acids is 1. The molecular formula is C11H11N3O2S. The lowest BCUT2D eigenvalue weighted by Gasteiger charge is -2.19. The first-order chi connectivity index (χ1) is 8.25. The summed E-state index contributed by atoms with van der Waals surface area (Å²) in [7, 11) is 0. The van der Waals surface area contributed by atoms with Gasteiger partial charge in [0.05, 0.1) is 4.88 Å². The molecule has 0 saturated heterocycles. The Labute approximate surface area is 102 Å². The summed E-state index contributed by atoms with van der Waals surface area (Å²) >= 11 is 1.56. The molecule has 3 heterocycles. The Hall–Kier alpha value is -1.69. The van der Waals surface area contributed by atoms with Gasteiger partial charge in [0, 0.05) is 6.42 Å². The van der Waals surface area contributed by atoms with Crippen LogP contribution in [0.5, 0.6) is 0 Å². The highest BCUT2D eigenvalue weighted by Gasteiger charge is 2.28. The van der Waals surface area contributed by atoms with E-state index in [4.69, 9.17) is 5.11 Å². The summed E-state index contributed by atoms with van der Waals surface area (Å²) in [5, 5.41) is 15.4. The molecule has 0 radical (unpaired) electrons. The number of carbonyl (C=O) groups is 1. The van der Waals surface area contributed by atoms with E-state index in [0.29, 0.717) is 12.2 Å². The van der Waals surface area contributed by atoms with Crippen LogP contribution in [0.1, 0.15) is 24.7 Å². The van der Waals surface area contributed by atoms with E-state index in [0.717, 1.165) is 23.5 Å². The third-order valence-electron chi connectivity index (χ3n) is 2.90. The molecule has 5 nitrogen and oxygen atoms in total. The Kier molecular flexibility index (Phi) is 2.44. The third kappa shape index (κ3) is 1.74. The number of rotatable bonds is 2. The van der Waals surface area contributed by atoms with Gasteiger partial charge in [-0.15, -0.1) is 16.4 Å². The van der Waals surface area contributed by atoms with E-state index in [1.54, 1.807) is 16.0 Å². The van der Waals surface area contributed by atoms with Crippen LogP contribution in [0.2, 0.25) is 0 Å². The molecule has 0 amide bonds. The number of hydrogen-bond donors (Lipinski definition) is 1. The van der Waals surface area contributed by atoms with E-state index in [2.05, 4.69) is 10.1 Å². The topological polar surface area (TPSA) is 68.0 Å². The van der Waals surface area contributed by atoms with Crippen molar-refractivity contribution in [2.75, 3.05) is 0 Å². The average Bonchev–Trinajstić information content (AvgIpc) is 2.96. The minimum atomic E-state index is -0.825. The molecule has 1 N–H and O–H groups in total. The van der Waals surface area contributed by atoms with Crippen molar-refractivity contribution in [2.45, 2.75) is 25.3 Å². The molecule has 17 heavy (non-hydrogen) atoms. The number of aryl methyl sites for hydroxylation is 1. The number of thiophene rings is 1. The molecule has 1 aliphatic rings. The van der Waals surface area contributed by atoms with Crippen molar-refractivity contribution < 1.29 is 9.90 Å². The fraction of sp³-hybridized carbons (Fsp3) is 0.364. The molecule has 3 rings (SSSR count). The molecule has 0 saturated carbocycles. The minimum Gasteiger partial charge on any atom is -0.480 e. The molecule has 0 fully saturated rings. The van der Waals surface area contributed by atoms with Crippen LogP contribution in [-0.4, -0.2) is 25.8 Å². The quantitative estimate of drug-likeness (QED) is 0.883. The van der Waals surface area contributed by atoms with Crippen molar-refractivity contribution in [3.8, 4) is 10.7 Å². The fourth-order valence-corrected chi connectivity index (χ4v) is 2.74. The van der Waals surface area contributed by atoms with Crippen molar-refractivity contribution in [3.63, 3.8) is 0 Å². The standard InChI is InChI=1S/C11H11N3O2S/c15-11(16)7-3-1-5-9-12-10(13-14(7)9)8-4-2-6-17-8/h2,4,6-7H,1,3,5H2,(H,15,16). The molecule has 1 aliphatic heterocycles. The van der Waals surface area contributed by atoms with Crippen molar-refractivity contribution in [1.29, 1.82) is 0 Å². The zero-order valence-electron chi connectivity index (χ0n) is 9.04. The second kappa shape index (κ2) is 3.96. The molecule has 0 spiro atoms. The van der Waals surface area contributed by atoms with Gasteiger partial charge in [0.1, 0.15) is 5.82 Å². The molecule has 0 aliphatic carbocycles. The first-order valence-electron chi connectivity index (χ1n) is 5.48. The van der Waals surface area contributed by atoms with Gasteiger partial charge < -0.3 is 5.11 Å². The van der Waals surface area contributed by atoms with E-state index in [1.165, 1.54) is 0 Å². The lowest BCUT2D eigenvalue weighted by atomic mass is 10.1. The minimum absolute atomic E-state index is 0.556. The smallest absolute Gasteiger partial charge is 0.328 e. The van der Waals surface area contributed by atoms with Crippen LogP contribution in [0.3, 0.4) is 0 Å². The number of carboxylic acid groups (broad SMARTS) is 1. The Morgan fingerprint density at radius 1 is 1.59 bits per heavy atom. The van der Waals surface area contributed by atoms with Gasteiger partial charge in [0.15, 0.2) is 11.9 Å². The summed E-state index contributed by atoms with van der Waals surface area (Å²) in [5.41, 5.74) is 0. The van der Waals surface area contributed by atoms with Crippen LogP contribution in [-0.2, 0) is 11.2 Å². The van der Waals surface area contributed by atoms with Crippen LogP contribution < -0.4 is 0 Å². The average molecular weight is 249 g/mol. The summed E-state index contributed by atoms with van der Waals surface area (Å²) in [6.07, 6.45) is 2.30. The van der Waals surface area contributed by atoms with Gasteiger partial charge >= 0.3 is 5.97 Å². The van der Waals surface area contributed by atoms with Gasteiger partial charge in [-0.3, -0.25) is 0 Å². The maximum atomic E-state index is 11.1. The SMILES string of the molecule is O=C(O)C1CCCc2nc(-c3cccs3)nn21. The number of fused-ring (bicyclic) bond motifs is 1. The van der Waals surface area contributed by atoms with Crippen LogP contribution in [0.4, 0.5) is 0 Å². The zero-order valence-corrected chi connectivity index (χ0v) is 9.85.